The van der Waals surface area contributed by atoms with E-state index in [-0.39, 0.29) is 5.95 Å². The summed E-state index contributed by atoms with van der Waals surface area (Å²) in [6.45, 7) is 5.93. The van der Waals surface area contributed by atoms with E-state index in [1.807, 2.05) is 19.0 Å². The fraction of sp³-hybridized carbons (Fsp3) is 0.727. The highest BCUT2D eigenvalue weighted by Crippen LogP contribution is 2.10. The zero-order valence-electron chi connectivity index (χ0n) is 11.2. The lowest BCUT2D eigenvalue weighted by molar-refractivity contribution is 0.161. The largest absolute Gasteiger partial charge is 0.368 e. The quantitative estimate of drug-likeness (QED) is 0.736. The number of hydrogen-bond donors (Lipinski definition) is 2. The molecule has 7 heteroatoms. The Morgan fingerprint density at radius 1 is 1.39 bits per heavy atom. The first-order valence-electron chi connectivity index (χ1n) is 6.19. The molecule has 2 rings (SSSR count). The van der Waals surface area contributed by atoms with E-state index in [9.17, 15) is 0 Å². The van der Waals surface area contributed by atoms with Gasteiger partial charge in [-0.05, 0) is 6.92 Å². The Labute approximate surface area is 107 Å². The van der Waals surface area contributed by atoms with Gasteiger partial charge < -0.3 is 16.0 Å². The summed E-state index contributed by atoms with van der Waals surface area (Å²) in [5.74, 6) is 1.63. The first-order valence-corrected chi connectivity index (χ1v) is 6.19. The summed E-state index contributed by atoms with van der Waals surface area (Å²) >= 11 is 0. The van der Waals surface area contributed by atoms with Crippen LogP contribution in [-0.4, -0.2) is 59.6 Å². The van der Waals surface area contributed by atoms with E-state index in [2.05, 4.69) is 32.1 Å². The average molecular weight is 251 g/mol. The molecule has 1 aromatic heterocycles. The van der Waals surface area contributed by atoms with Gasteiger partial charge in [0.15, 0.2) is 0 Å². The molecular formula is C11H21N7. The van der Waals surface area contributed by atoms with Crippen LogP contribution in [0.15, 0.2) is 0 Å². The maximum absolute atomic E-state index is 5.72. The normalized spacial score (nSPS) is 20.9. The summed E-state index contributed by atoms with van der Waals surface area (Å²) in [6.07, 6.45) is 0. The molecule has 0 bridgehead atoms. The van der Waals surface area contributed by atoms with Crippen molar-refractivity contribution in [3.8, 4) is 0 Å². The van der Waals surface area contributed by atoms with Gasteiger partial charge in [0, 0.05) is 39.8 Å². The smallest absolute Gasteiger partial charge is 0.229 e. The molecule has 100 valence electrons. The lowest BCUT2D eigenvalue weighted by atomic mass is 10.2. The van der Waals surface area contributed by atoms with Gasteiger partial charge in [-0.1, -0.05) is 0 Å². The second kappa shape index (κ2) is 5.45. The van der Waals surface area contributed by atoms with Crippen molar-refractivity contribution in [1.29, 1.82) is 0 Å². The third-order valence-corrected chi connectivity index (χ3v) is 3.07. The van der Waals surface area contributed by atoms with E-state index in [0.29, 0.717) is 12.0 Å². The van der Waals surface area contributed by atoms with Crippen LogP contribution in [0.5, 0.6) is 0 Å². The number of nitrogens with two attached hydrogens (primary N) is 1. The van der Waals surface area contributed by atoms with Crippen LogP contribution in [0, 0.1) is 0 Å². The maximum atomic E-state index is 5.72. The Balaban J connectivity index is 2.12. The molecule has 0 aliphatic carbocycles. The average Bonchev–Trinajstić information content (AvgIpc) is 2.31. The van der Waals surface area contributed by atoms with Crippen molar-refractivity contribution in [3.05, 3.63) is 5.82 Å². The molecule has 1 saturated heterocycles. The van der Waals surface area contributed by atoms with Crippen molar-refractivity contribution in [2.45, 2.75) is 19.5 Å². The first-order chi connectivity index (χ1) is 8.56. The topological polar surface area (TPSA) is 83.2 Å². The Bertz CT molecular complexity index is 406. The summed E-state index contributed by atoms with van der Waals surface area (Å²) < 4.78 is 0. The van der Waals surface area contributed by atoms with Gasteiger partial charge in [-0.15, -0.1) is 0 Å². The zero-order valence-corrected chi connectivity index (χ0v) is 11.2. The molecule has 7 nitrogen and oxygen atoms in total. The fourth-order valence-electron chi connectivity index (χ4n) is 2.00. The van der Waals surface area contributed by atoms with E-state index >= 15 is 0 Å². The van der Waals surface area contributed by atoms with Crippen LogP contribution in [0.4, 0.5) is 11.9 Å². The number of aromatic nitrogens is 3. The maximum Gasteiger partial charge on any atom is 0.229 e. The predicted octanol–water partition coefficient (Wildman–Crippen LogP) is -0.686. The van der Waals surface area contributed by atoms with Gasteiger partial charge in [-0.2, -0.15) is 15.0 Å². The van der Waals surface area contributed by atoms with Crippen LogP contribution in [0.25, 0.3) is 0 Å². The molecule has 0 unspecified atom stereocenters. The number of nitrogens with zero attached hydrogens (tertiary/aromatic N) is 5. The standard InChI is InChI=1S/C11H21N7/c1-8-6-13-4-5-18(8)7-9-14-10(12)16-11(15-9)17(2)3/h8,13H,4-7H2,1-3H3,(H2,12,14,15,16)/t8-/m0/s1. The summed E-state index contributed by atoms with van der Waals surface area (Å²) in [5, 5.41) is 3.36. The predicted molar refractivity (Wildman–Crippen MR) is 71.3 cm³/mol. The van der Waals surface area contributed by atoms with Gasteiger partial charge in [-0.3, -0.25) is 4.90 Å². The first kappa shape index (κ1) is 13.0. The van der Waals surface area contributed by atoms with Crippen molar-refractivity contribution >= 4 is 11.9 Å². The fourth-order valence-corrected chi connectivity index (χ4v) is 2.00. The molecule has 18 heavy (non-hydrogen) atoms. The van der Waals surface area contributed by atoms with Crippen molar-refractivity contribution in [1.82, 2.24) is 25.2 Å². The minimum Gasteiger partial charge on any atom is -0.368 e. The third kappa shape index (κ3) is 3.05. The van der Waals surface area contributed by atoms with Crippen LogP contribution in [0.3, 0.4) is 0 Å². The molecule has 3 N–H and O–H groups in total. The number of hydrogen-bond acceptors (Lipinski definition) is 7. The SMILES string of the molecule is C[C@H]1CNCCN1Cc1nc(N)nc(N(C)C)n1. The van der Waals surface area contributed by atoms with Gasteiger partial charge >= 0.3 is 0 Å². The van der Waals surface area contributed by atoms with Crippen molar-refractivity contribution in [2.75, 3.05) is 44.4 Å². The van der Waals surface area contributed by atoms with Crippen LogP contribution in [0.2, 0.25) is 0 Å². The number of rotatable bonds is 3. The summed E-state index contributed by atoms with van der Waals surface area (Å²) in [5.41, 5.74) is 5.72. The van der Waals surface area contributed by atoms with Crippen LogP contribution >= 0.6 is 0 Å². The van der Waals surface area contributed by atoms with Gasteiger partial charge in [0.25, 0.3) is 0 Å². The van der Waals surface area contributed by atoms with Crippen LogP contribution < -0.4 is 16.0 Å². The van der Waals surface area contributed by atoms with Gasteiger partial charge in [-0.25, -0.2) is 0 Å². The van der Waals surface area contributed by atoms with Crippen molar-refractivity contribution in [3.63, 3.8) is 0 Å². The highest BCUT2D eigenvalue weighted by atomic mass is 15.3. The zero-order chi connectivity index (χ0) is 13.1. The minimum atomic E-state index is 0.284. The van der Waals surface area contributed by atoms with Gasteiger partial charge in [0.1, 0.15) is 5.82 Å². The second-order valence-electron chi connectivity index (χ2n) is 4.83. The monoisotopic (exact) mass is 251 g/mol. The molecule has 0 radical (unpaired) electrons. The van der Waals surface area contributed by atoms with E-state index in [1.165, 1.54) is 0 Å². The number of anilines is 2. The summed E-state index contributed by atoms with van der Waals surface area (Å²) in [6, 6.07) is 0.486. The number of nitrogens with one attached hydrogen (secondary N) is 1. The molecule has 1 fully saturated rings. The Kier molecular flexibility index (Phi) is 3.93. The molecule has 0 amide bonds. The molecule has 0 saturated carbocycles. The van der Waals surface area contributed by atoms with Gasteiger partial charge in [0.2, 0.25) is 11.9 Å². The molecule has 2 heterocycles. The van der Waals surface area contributed by atoms with E-state index in [1.54, 1.807) is 0 Å². The molecular weight excluding hydrogens is 230 g/mol. The van der Waals surface area contributed by atoms with E-state index < -0.39 is 0 Å². The van der Waals surface area contributed by atoms with Crippen LogP contribution in [0.1, 0.15) is 12.7 Å². The van der Waals surface area contributed by atoms with E-state index in [0.717, 1.165) is 32.0 Å². The number of piperazine rings is 1. The molecule has 1 aromatic rings. The molecule has 1 atom stereocenters. The Morgan fingerprint density at radius 2 is 2.17 bits per heavy atom. The summed E-state index contributed by atoms with van der Waals surface area (Å²) in [4.78, 5) is 16.9. The Morgan fingerprint density at radius 3 is 2.83 bits per heavy atom. The number of nitrogen functional groups attached to an aromatic ring is 1. The summed E-state index contributed by atoms with van der Waals surface area (Å²) in [7, 11) is 3.79. The van der Waals surface area contributed by atoms with Crippen molar-refractivity contribution < 1.29 is 0 Å². The minimum absolute atomic E-state index is 0.284. The molecule has 0 aromatic carbocycles. The highest BCUT2D eigenvalue weighted by molar-refractivity contribution is 5.32. The van der Waals surface area contributed by atoms with Gasteiger partial charge in [0.05, 0.1) is 6.54 Å². The molecule has 1 aliphatic rings. The second-order valence-corrected chi connectivity index (χ2v) is 4.83. The van der Waals surface area contributed by atoms with Crippen LogP contribution in [-0.2, 0) is 6.54 Å². The third-order valence-electron chi connectivity index (χ3n) is 3.07. The molecule has 1 aliphatic heterocycles. The lowest BCUT2D eigenvalue weighted by Crippen LogP contribution is -2.49. The highest BCUT2D eigenvalue weighted by Gasteiger charge is 2.19. The molecule has 0 spiro atoms. The Hall–Kier alpha value is -1.47. The van der Waals surface area contributed by atoms with Crippen molar-refractivity contribution in [2.24, 2.45) is 0 Å². The lowest BCUT2D eigenvalue weighted by Gasteiger charge is -2.33. The van der Waals surface area contributed by atoms with E-state index in [4.69, 9.17) is 5.73 Å².